The van der Waals surface area contributed by atoms with Gasteiger partial charge in [-0.3, -0.25) is 10.5 Å². The molecule has 1 saturated heterocycles. The van der Waals surface area contributed by atoms with Gasteiger partial charge in [-0.15, -0.1) is 0 Å². The third-order valence-electron chi connectivity index (χ3n) is 1.94. The van der Waals surface area contributed by atoms with Gasteiger partial charge >= 0.3 is 5.97 Å². The number of aliphatic carboxylic acids is 1. The van der Waals surface area contributed by atoms with E-state index in [4.69, 9.17) is 20.3 Å². The predicted molar refractivity (Wildman–Crippen MR) is 44.9 cm³/mol. The van der Waals surface area contributed by atoms with Gasteiger partial charge in [-0.25, -0.2) is 0 Å². The van der Waals surface area contributed by atoms with Crippen LogP contribution in [-0.2, 0) is 14.3 Å². The summed E-state index contributed by atoms with van der Waals surface area (Å²) >= 11 is 0. The standard InChI is InChI=1S/C8H15NO4/c9-8(12-5-6-13-8)4-2-1-3-7(10)11/h1-6,9H2,(H,10,11). The topological polar surface area (TPSA) is 81.8 Å². The number of hydrogen-bond acceptors (Lipinski definition) is 4. The maximum atomic E-state index is 10.2. The van der Waals surface area contributed by atoms with E-state index in [1.807, 2.05) is 0 Å². The summed E-state index contributed by atoms with van der Waals surface area (Å²) in [6.45, 7) is 1.05. The first-order chi connectivity index (χ1) is 6.12. The normalized spacial score (nSPS) is 20.4. The molecule has 0 amide bonds. The van der Waals surface area contributed by atoms with Gasteiger partial charge < -0.3 is 14.6 Å². The van der Waals surface area contributed by atoms with E-state index in [0.29, 0.717) is 32.5 Å². The number of carboxylic acid groups (broad SMARTS) is 1. The Bertz CT molecular complexity index is 177. The summed E-state index contributed by atoms with van der Waals surface area (Å²) in [5.74, 6) is -1.74. The molecule has 0 atom stereocenters. The second-order valence-corrected chi connectivity index (χ2v) is 3.11. The van der Waals surface area contributed by atoms with Crippen LogP contribution in [0.25, 0.3) is 0 Å². The van der Waals surface area contributed by atoms with Crippen LogP contribution < -0.4 is 5.73 Å². The molecule has 0 aromatic carbocycles. The largest absolute Gasteiger partial charge is 0.481 e. The van der Waals surface area contributed by atoms with Gasteiger partial charge in [0.05, 0.1) is 13.2 Å². The third-order valence-corrected chi connectivity index (χ3v) is 1.94. The number of carbonyl (C=O) groups is 1. The monoisotopic (exact) mass is 189 g/mol. The third kappa shape index (κ3) is 3.71. The summed E-state index contributed by atoms with van der Waals surface area (Å²) in [5, 5.41) is 8.38. The van der Waals surface area contributed by atoms with Gasteiger partial charge in [0.25, 0.3) is 0 Å². The molecular formula is C8H15NO4. The molecule has 0 saturated carbocycles. The molecule has 0 radical (unpaired) electrons. The van der Waals surface area contributed by atoms with Crippen LogP contribution in [0.15, 0.2) is 0 Å². The Morgan fingerprint density at radius 2 is 2.00 bits per heavy atom. The number of hydrogen-bond donors (Lipinski definition) is 2. The fraction of sp³-hybridized carbons (Fsp3) is 0.875. The first kappa shape index (κ1) is 10.4. The minimum Gasteiger partial charge on any atom is -0.481 e. The van der Waals surface area contributed by atoms with Crippen LogP contribution in [0.1, 0.15) is 25.7 Å². The maximum absolute atomic E-state index is 10.2. The highest BCUT2D eigenvalue weighted by molar-refractivity contribution is 5.66. The van der Waals surface area contributed by atoms with Crippen molar-refractivity contribution in [2.75, 3.05) is 13.2 Å². The van der Waals surface area contributed by atoms with E-state index in [0.717, 1.165) is 0 Å². The zero-order valence-corrected chi connectivity index (χ0v) is 7.49. The second-order valence-electron chi connectivity index (χ2n) is 3.11. The number of carboxylic acids is 1. The van der Waals surface area contributed by atoms with Crippen LogP contribution in [0.3, 0.4) is 0 Å². The molecule has 76 valence electrons. The summed E-state index contributed by atoms with van der Waals surface area (Å²) in [7, 11) is 0. The van der Waals surface area contributed by atoms with Crippen molar-refractivity contribution in [3.8, 4) is 0 Å². The van der Waals surface area contributed by atoms with Gasteiger partial charge in [-0.2, -0.15) is 0 Å². The summed E-state index contributed by atoms with van der Waals surface area (Å²) in [4.78, 5) is 10.2. The SMILES string of the molecule is NC1(CCCCC(=O)O)OCCO1. The minimum absolute atomic E-state index is 0.177. The van der Waals surface area contributed by atoms with Crippen molar-refractivity contribution < 1.29 is 19.4 Å². The highest BCUT2D eigenvalue weighted by Gasteiger charge is 2.30. The molecule has 0 aromatic rings. The molecule has 5 nitrogen and oxygen atoms in total. The van der Waals surface area contributed by atoms with E-state index in [1.54, 1.807) is 0 Å². The zero-order valence-electron chi connectivity index (χ0n) is 7.49. The second kappa shape index (κ2) is 4.55. The lowest BCUT2D eigenvalue weighted by Crippen LogP contribution is -2.40. The van der Waals surface area contributed by atoms with Gasteiger partial charge in [-0.05, 0) is 12.8 Å². The van der Waals surface area contributed by atoms with Crippen molar-refractivity contribution in [3.63, 3.8) is 0 Å². The lowest BCUT2D eigenvalue weighted by Gasteiger charge is -2.21. The van der Waals surface area contributed by atoms with Crippen molar-refractivity contribution in [2.24, 2.45) is 5.73 Å². The summed E-state index contributed by atoms with van der Waals surface area (Å²) in [5.41, 5.74) is 5.68. The summed E-state index contributed by atoms with van der Waals surface area (Å²) in [6, 6.07) is 0. The molecular weight excluding hydrogens is 174 g/mol. The van der Waals surface area contributed by atoms with Gasteiger partial charge in [0, 0.05) is 12.8 Å². The average Bonchev–Trinajstić information content (AvgIpc) is 2.47. The van der Waals surface area contributed by atoms with Crippen molar-refractivity contribution in [3.05, 3.63) is 0 Å². The molecule has 0 unspecified atom stereocenters. The van der Waals surface area contributed by atoms with E-state index in [-0.39, 0.29) is 6.42 Å². The Kier molecular flexibility index (Phi) is 3.65. The molecule has 0 aromatic heterocycles. The minimum atomic E-state index is -0.960. The van der Waals surface area contributed by atoms with Gasteiger partial charge in [0.2, 0.25) is 5.91 Å². The van der Waals surface area contributed by atoms with Crippen molar-refractivity contribution in [1.29, 1.82) is 0 Å². The summed E-state index contributed by atoms with van der Waals surface area (Å²) in [6.07, 6.45) is 2.06. The Labute approximate surface area is 76.8 Å². The van der Waals surface area contributed by atoms with Crippen LogP contribution >= 0.6 is 0 Å². The Hall–Kier alpha value is -0.650. The highest BCUT2D eigenvalue weighted by Crippen LogP contribution is 2.19. The van der Waals surface area contributed by atoms with Crippen LogP contribution in [-0.4, -0.2) is 30.2 Å². The Balaban J connectivity index is 2.07. The van der Waals surface area contributed by atoms with Gasteiger partial charge in [-0.1, -0.05) is 0 Å². The van der Waals surface area contributed by atoms with Crippen LogP contribution in [0, 0.1) is 0 Å². The molecule has 1 aliphatic rings. The van der Waals surface area contributed by atoms with Crippen LogP contribution in [0.2, 0.25) is 0 Å². The van der Waals surface area contributed by atoms with E-state index in [2.05, 4.69) is 0 Å². The van der Waals surface area contributed by atoms with Crippen molar-refractivity contribution in [2.45, 2.75) is 31.6 Å². The van der Waals surface area contributed by atoms with Crippen LogP contribution in [0.4, 0.5) is 0 Å². The Morgan fingerprint density at radius 3 is 2.54 bits per heavy atom. The Morgan fingerprint density at radius 1 is 1.38 bits per heavy atom. The van der Waals surface area contributed by atoms with E-state index < -0.39 is 11.9 Å². The molecule has 0 spiro atoms. The number of nitrogens with two attached hydrogens (primary N) is 1. The molecule has 1 rings (SSSR count). The molecule has 1 fully saturated rings. The highest BCUT2D eigenvalue weighted by atomic mass is 16.8. The number of unbranched alkanes of at least 4 members (excludes halogenated alkanes) is 1. The zero-order chi connectivity index (χ0) is 9.73. The lowest BCUT2D eigenvalue weighted by atomic mass is 10.1. The van der Waals surface area contributed by atoms with Crippen molar-refractivity contribution >= 4 is 5.97 Å². The number of rotatable bonds is 5. The molecule has 3 N–H and O–H groups in total. The first-order valence-electron chi connectivity index (χ1n) is 4.41. The lowest BCUT2D eigenvalue weighted by molar-refractivity contribution is -0.158. The van der Waals surface area contributed by atoms with E-state index in [9.17, 15) is 4.79 Å². The fourth-order valence-electron chi connectivity index (χ4n) is 1.26. The smallest absolute Gasteiger partial charge is 0.303 e. The average molecular weight is 189 g/mol. The molecule has 1 heterocycles. The molecule has 13 heavy (non-hydrogen) atoms. The molecule has 0 aliphatic carbocycles. The van der Waals surface area contributed by atoms with Crippen molar-refractivity contribution in [1.82, 2.24) is 0 Å². The molecule has 5 heteroatoms. The molecule has 1 aliphatic heterocycles. The van der Waals surface area contributed by atoms with Crippen LogP contribution in [0.5, 0.6) is 0 Å². The maximum Gasteiger partial charge on any atom is 0.303 e. The predicted octanol–water partition coefficient (Wildman–Crippen LogP) is 0.291. The van der Waals surface area contributed by atoms with E-state index in [1.165, 1.54) is 0 Å². The molecule has 0 bridgehead atoms. The quantitative estimate of drug-likeness (QED) is 0.607. The van der Waals surface area contributed by atoms with Gasteiger partial charge in [0.15, 0.2) is 0 Å². The number of ether oxygens (including phenoxy) is 2. The van der Waals surface area contributed by atoms with E-state index >= 15 is 0 Å². The first-order valence-corrected chi connectivity index (χ1v) is 4.41. The fourth-order valence-corrected chi connectivity index (χ4v) is 1.26. The van der Waals surface area contributed by atoms with Gasteiger partial charge in [0.1, 0.15) is 0 Å². The summed E-state index contributed by atoms with van der Waals surface area (Å²) < 4.78 is 10.3.